The molecule has 2 aliphatic heterocycles. The van der Waals surface area contributed by atoms with Crippen LogP contribution in [0.25, 0.3) is 11.2 Å². The predicted octanol–water partition coefficient (Wildman–Crippen LogP) is 6.92. The maximum Gasteiger partial charge on any atom is 0.301 e. The van der Waals surface area contributed by atoms with Gasteiger partial charge in [-0.15, -0.1) is 0 Å². The van der Waals surface area contributed by atoms with Crippen molar-refractivity contribution in [1.29, 1.82) is 0 Å². The first kappa shape index (κ1) is 31.6. The Balaban J connectivity index is 1.38. The minimum atomic E-state index is -1.98. The summed E-state index contributed by atoms with van der Waals surface area (Å²) < 4.78 is 33.8. The molecule has 0 radical (unpaired) electrons. The fourth-order valence-corrected chi connectivity index (χ4v) is 7.30. The van der Waals surface area contributed by atoms with Crippen LogP contribution in [0.1, 0.15) is 32.0 Å². The maximum atomic E-state index is 6.71. The number of hydrogen-bond donors (Lipinski definition) is 0. The predicted molar refractivity (Wildman–Crippen MR) is 172 cm³/mol. The molecule has 2 saturated heterocycles. The second-order valence-electron chi connectivity index (χ2n) is 14.3. The third kappa shape index (κ3) is 7.12. The number of imidazole rings is 1. The van der Waals surface area contributed by atoms with Gasteiger partial charge in [0, 0.05) is 21.1 Å². The summed E-state index contributed by atoms with van der Waals surface area (Å²) in [5.74, 6) is 0. The van der Waals surface area contributed by atoms with E-state index in [1.807, 2.05) is 28.8 Å². The largest absolute Gasteiger partial charge is 0.456 e. The van der Waals surface area contributed by atoms with Gasteiger partial charge in [-0.3, -0.25) is 4.57 Å². The molecule has 1 aromatic carbocycles. The number of nitrogens with zero attached hydrogens (tertiary/aromatic N) is 3. The van der Waals surface area contributed by atoms with Gasteiger partial charge in [-0.2, -0.15) is 4.98 Å². The fourth-order valence-electron chi connectivity index (χ4n) is 5.02. The molecule has 0 amide bonds. The minimum Gasteiger partial charge on any atom is -0.456 e. The van der Waals surface area contributed by atoms with Crippen molar-refractivity contribution < 1.29 is 23.4 Å². The lowest BCUT2D eigenvalue weighted by molar-refractivity contribution is 0.00687. The second-order valence-corrected chi connectivity index (χ2v) is 25.0. The quantitative estimate of drug-likeness (QED) is 0.168. The SMILES string of the molecule is CC(C)(C)[Si](C)(C)O[C@@H]1CO[C@H]2[C@@H]1OC[C@H]2Oc1nc2cc(Cl)c(Cc3ccccc3)nc2n1COCC[Si](C)(C)C. The summed E-state index contributed by atoms with van der Waals surface area (Å²) in [6.45, 7) is 20.2. The van der Waals surface area contributed by atoms with Crippen molar-refractivity contribution in [2.24, 2.45) is 0 Å². The molecule has 0 aliphatic carbocycles. The van der Waals surface area contributed by atoms with Crippen molar-refractivity contribution in [3.63, 3.8) is 0 Å². The lowest BCUT2D eigenvalue weighted by Crippen LogP contribution is -2.47. The van der Waals surface area contributed by atoms with Gasteiger partial charge in [0.05, 0.1) is 30.0 Å². The van der Waals surface area contributed by atoms with Gasteiger partial charge in [-0.1, -0.05) is 82.3 Å². The molecular formula is C31H46ClN3O5Si2. The highest BCUT2D eigenvalue weighted by molar-refractivity contribution is 6.76. The number of aromatic nitrogens is 3. The summed E-state index contributed by atoms with van der Waals surface area (Å²) in [6, 6.07) is 13.6. The van der Waals surface area contributed by atoms with E-state index >= 15 is 0 Å². The molecule has 0 bridgehead atoms. The number of fused-ring (bicyclic) bond motifs is 2. The van der Waals surface area contributed by atoms with E-state index in [9.17, 15) is 0 Å². The van der Waals surface area contributed by atoms with Crippen LogP contribution in [0.5, 0.6) is 6.01 Å². The molecule has 2 aliphatic rings. The van der Waals surface area contributed by atoms with Gasteiger partial charge >= 0.3 is 6.01 Å². The summed E-state index contributed by atoms with van der Waals surface area (Å²) in [4.78, 5) is 9.80. The number of rotatable bonds is 11. The zero-order valence-electron chi connectivity index (χ0n) is 26.3. The van der Waals surface area contributed by atoms with E-state index in [-0.39, 0.29) is 36.2 Å². The van der Waals surface area contributed by atoms with Gasteiger partial charge in [-0.05, 0) is 35.8 Å². The smallest absolute Gasteiger partial charge is 0.301 e. The van der Waals surface area contributed by atoms with E-state index in [0.717, 1.165) is 17.3 Å². The molecule has 0 unspecified atom stereocenters. The molecule has 8 nitrogen and oxygen atoms in total. The van der Waals surface area contributed by atoms with Crippen LogP contribution in [0.4, 0.5) is 0 Å². The van der Waals surface area contributed by atoms with Gasteiger partial charge in [-0.25, -0.2) is 4.98 Å². The van der Waals surface area contributed by atoms with Gasteiger partial charge in [0.15, 0.2) is 20.1 Å². The highest BCUT2D eigenvalue weighted by atomic mass is 35.5. The molecule has 0 N–H and O–H groups in total. The van der Waals surface area contributed by atoms with Crippen LogP contribution in [0.15, 0.2) is 36.4 Å². The molecule has 230 valence electrons. The zero-order chi connectivity index (χ0) is 30.3. The van der Waals surface area contributed by atoms with Crippen LogP contribution in [0.3, 0.4) is 0 Å². The van der Waals surface area contributed by atoms with E-state index in [4.69, 9.17) is 44.9 Å². The van der Waals surface area contributed by atoms with Crippen molar-refractivity contribution >= 4 is 39.2 Å². The van der Waals surface area contributed by atoms with E-state index < -0.39 is 16.4 Å². The number of hydrogen-bond acceptors (Lipinski definition) is 7. The Kier molecular flexibility index (Phi) is 9.26. The van der Waals surface area contributed by atoms with E-state index in [1.165, 1.54) is 0 Å². The van der Waals surface area contributed by atoms with Crippen molar-refractivity contribution in [2.75, 3.05) is 19.8 Å². The molecular weight excluding hydrogens is 586 g/mol. The third-order valence-electron chi connectivity index (χ3n) is 8.61. The number of ether oxygens (including phenoxy) is 4. The lowest BCUT2D eigenvalue weighted by atomic mass is 10.1. The zero-order valence-corrected chi connectivity index (χ0v) is 29.0. The Morgan fingerprint density at radius 1 is 0.976 bits per heavy atom. The van der Waals surface area contributed by atoms with E-state index in [0.29, 0.717) is 48.4 Å². The van der Waals surface area contributed by atoms with Crippen molar-refractivity contribution in [3.8, 4) is 6.01 Å². The fraction of sp³-hybridized carbons (Fsp3) is 0.613. The lowest BCUT2D eigenvalue weighted by Gasteiger charge is -2.39. The van der Waals surface area contributed by atoms with Gasteiger partial charge < -0.3 is 23.4 Å². The summed E-state index contributed by atoms with van der Waals surface area (Å²) in [7, 11) is -3.22. The van der Waals surface area contributed by atoms with Crippen molar-refractivity contribution in [3.05, 3.63) is 52.7 Å². The van der Waals surface area contributed by atoms with Crippen LogP contribution in [0, 0.1) is 0 Å². The summed E-state index contributed by atoms with van der Waals surface area (Å²) >= 11 is 6.71. The first-order valence-electron chi connectivity index (χ1n) is 15.0. The molecule has 42 heavy (non-hydrogen) atoms. The number of pyridine rings is 1. The highest BCUT2D eigenvalue weighted by Crippen LogP contribution is 2.40. The Bertz CT molecular complexity index is 1370. The van der Waals surface area contributed by atoms with Crippen molar-refractivity contribution in [1.82, 2.24) is 14.5 Å². The maximum absolute atomic E-state index is 6.71. The monoisotopic (exact) mass is 631 g/mol. The Hall–Kier alpha value is -1.80. The van der Waals surface area contributed by atoms with Crippen LogP contribution >= 0.6 is 11.6 Å². The summed E-state index contributed by atoms with van der Waals surface area (Å²) in [5.41, 5.74) is 3.29. The summed E-state index contributed by atoms with van der Waals surface area (Å²) in [6.07, 6.45) is -0.197. The molecule has 2 aromatic heterocycles. The molecule has 2 fully saturated rings. The Morgan fingerprint density at radius 2 is 1.64 bits per heavy atom. The van der Waals surface area contributed by atoms with Crippen LogP contribution in [-0.4, -0.2) is 75.2 Å². The van der Waals surface area contributed by atoms with Gasteiger partial charge in [0.1, 0.15) is 24.5 Å². The molecule has 3 aromatic rings. The molecule has 11 heteroatoms. The van der Waals surface area contributed by atoms with E-state index in [1.54, 1.807) is 0 Å². The van der Waals surface area contributed by atoms with Crippen LogP contribution < -0.4 is 4.74 Å². The van der Waals surface area contributed by atoms with Crippen LogP contribution in [0.2, 0.25) is 48.8 Å². The third-order valence-corrected chi connectivity index (χ3v) is 15.2. The standard InChI is InChI=1S/C31H46ClN3O5Si2/c1-31(2,3)42(7,8)40-26-19-38-27-25(18-37-28(26)27)39-30-34-24-17-22(32)23(16-21-12-10-9-11-13-21)33-29(24)35(30)20-36-14-15-41(4,5)6/h9-13,17,25-28H,14-16,18-20H2,1-8H3/t25-,26-,27-,28-/m1/s1. The van der Waals surface area contributed by atoms with Gasteiger partial charge in [0.25, 0.3) is 0 Å². The van der Waals surface area contributed by atoms with Crippen LogP contribution in [-0.2, 0) is 31.8 Å². The number of halogens is 1. The molecule has 4 atom stereocenters. The van der Waals surface area contributed by atoms with E-state index in [2.05, 4.69) is 65.6 Å². The topological polar surface area (TPSA) is 76.9 Å². The Morgan fingerprint density at radius 3 is 2.31 bits per heavy atom. The Labute approximate surface area is 257 Å². The highest BCUT2D eigenvalue weighted by Gasteiger charge is 2.52. The average Bonchev–Trinajstić information content (AvgIpc) is 3.57. The molecule has 0 spiro atoms. The van der Waals surface area contributed by atoms with Crippen molar-refractivity contribution in [2.45, 2.75) is 102 Å². The first-order chi connectivity index (χ1) is 19.7. The average molecular weight is 632 g/mol. The van der Waals surface area contributed by atoms with Gasteiger partial charge in [0.2, 0.25) is 0 Å². The molecule has 5 rings (SSSR count). The normalized spacial score (nSPS) is 23.1. The summed E-state index contributed by atoms with van der Waals surface area (Å²) in [5, 5.41) is 0.685. The minimum absolute atomic E-state index is 0.103. The molecule has 4 heterocycles. The second kappa shape index (κ2) is 12.3. The first-order valence-corrected chi connectivity index (χ1v) is 22.0. The molecule has 0 saturated carbocycles. The number of benzene rings is 1.